The van der Waals surface area contributed by atoms with Crippen LogP contribution in [0.25, 0.3) is 11.1 Å². The number of fused-ring (bicyclic) bond motifs is 2. The average molecular weight is 467 g/mol. The molecule has 1 saturated heterocycles. The summed E-state index contributed by atoms with van der Waals surface area (Å²) in [7, 11) is 3.11. The van der Waals surface area contributed by atoms with E-state index in [1.807, 2.05) is 6.07 Å². The molecular formula is C24H25N3O7. The molecule has 2 heterocycles. The zero-order valence-corrected chi connectivity index (χ0v) is 18.8. The maximum Gasteiger partial charge on any atom is 0.303 e. The Hall–Kier alpha value is -4.08. The van der Waals surface area contributed by atoms with Crippen molar-refractivity contribution >= 4 is 29.4 Å². The minimum absolute atomic E-state index is 0.193. The Morgan fingerprint density at radius 2 is 1.88 bits per heavy atom. The number of aliphatic carboxylic acids is 1. The molecule has 4 rings (SSSR count). The van der Waals surface area contributed by atoms with Gasteiger partial charge in [0, 0.05) is 24.6 Å². The molecule has 2 aromatic rings. The largest absolute Gasteiger partial charge is 0.497 e. The highest BCUT2D eigenvalue weighted by atomic mass is 16.5. The van der Waals surface area contributed by atoms with Crippen LogP contribution < -0.4 is 20.1 Å². The van der Waals surface area contributed by atoms with E-state index in [0.29, 0.717) is 29.2 Å². The van der Waals surface area contributed by atoms with Crippen molar-refractivity contribution < 1.29 is 33.8 Å². The van der Waals surface area contributed by atoms with Crippen LogP contribution in [0.1, 0.15) is 29.6 Å². The number of hydrogen-bond donors (Lipinski definition) is 3. The number of rotatable bonds is 7. The van der Waals surface area contributed by atoms with Crippen LogP contribution in [0.15, 0.2) is 36.4 Å². The van der Waals surface area contributed by atoms with E-state index in [0.717, 1.165) is 11.1 Å². The van der Waals surface area contributed by atoms with Crippen LogP contribution in [0.3, 0.4) is 0 Å². The molecule has 0 aliphatic carbocycles. The van der Waals surface area contributed by atoms with Crippen LogP contribution in [0, 0.1) is 0 Å². The van der Waals surface area contributed by atoms with Crippen LogP contribution in [-0.2, 0) is 14.4 Å². The van der Waals surface area contributed by atoms with Crippen LogP contribution in [0.2, 0.25) is 0 Å². The Bertz CT molecular complexity index is 1160. The molecule has 1 fully saturated rings. The summed E-state index contributed by atoms with van der Waals surface area (Å²) in [5.41, 5.74) is 2.22. The fourth-order valence-corrected chi connectivity index (χ4v) is 4.39. The number of carbonyl (C=O) groups is 4. The first kappa shape index (κ1) is 23.1. The van der Waals surface area contributed by atoms with Gasteiger partial charge in [-0.2, -0.15) is 0 Å². The van der Waals surface area contributed by atoms with Gasteiger partial charge >= 0.3 is 5.97 Å². The Labute approximate surface area is 195 Å². The Kier molecular flexibility index (Phi) is 6.40. The van der Waals surface area contributed by atoms with E-state index in [1.54, 1.807) is 44.6 Å². The molecule has 2 aliphatic heterocycles. The van der Waals surface area contributed by atoms with E-state index >= 15 is 0 Å². The van der Waals surface area contributed by atoms with Crippen LogP contribution in [0.4, 0.5) is 5.69 Å². The molecular weight excluding hydrogens is 442 g/mol. The molecule has 0 aromatic heterocycles. The quantitative estimate of drug-likeness (QED) is 0.566. The first-order valence-electron chi connectivity index (χ1n) is 10.8. The lowest BCUT2D eigenvalue weighted by Crippen LogP contribution is -2.51. The molecule has 3 amide bonds. The predicted molar refractivity (Wildman–Crippen MR) is 122 cm³/mol. The molecule has 10 nitrogen and oxygen atoms in total. The van der Waals surface area contributed by atoms with Crippen molar-refractivity contribution in [1.82, 2.24) is 10.2 Å². The number of methoxy groups -OCH3 is 2. The lowest BCUT2D eigenvalue weighted by atomic mass is 10.00. The van der Waals surface area contributed by atoms with Gasteiger partial charge in [-0.15, -0.1) is 0 Å². The van der Waals surface area contributed by atoms with Gasteiger partial charge in [0.15, 0.2) is 0 Å². The van der Waals surface area contributed by atoms with Gasteiger partial charge in [0.25, 0.3) is 5.91 Å². The van der Waals surface area contributed by atoms with Crippen molar-refractivity contribution in [2.45, 2.75) is 31.3 Å². The van der Waals surface area contributed by atoms with E-state index in [-0.39, 0.29) is 25.3 Å². The molecule has 3 N–H and O–H groups in total. The summed E-state index contributed by atoms with van der Waals surface area (Å²) in [5.74, 6) is -1.06. The number of carboxylic acids is 1. The van der Waals surface area contributed by atoms with Crippen molar-refractivity contribution in [2.24, 2.45) is 0 Å². The van der Waals surface area contributed by atoms with E-state index in [1.165, 1.54) is 4.90 Å². The summed E-state index contributed by atoms with van der Waals surface area (Å²) < 4.78 is 10.7. The summed E-state index contributed by atoms with van der Waals surface area (Å²) in [6.45, 7) is 0.288. The monoisotopic (exact) mass is 467 g/mol. The zero-order chi connectivity index (χ0) is 24.4. The van der Waals surface area contributed by atoms with Crippen molar-refractivity contribution in [3.63, 3.8) is 0 Å². The topological polar surface area (TPSA) is 134 Å². The number of ether oxygens (including phenoxy) is 2. The second-order valence-corrected chi connectivity index (χ2v) is 8.12. The molecule has 0 unspecified atom stereocenters. The van der Waals surface area contributed by atoms with Gasteiger partial charge in [-0.1, -0.05) is 6.07 Å². The summed E-state index contributed by atoms with van der Waals surface area (Å²) in [6, 6.07) is 9.07. The number of carbonyl (C=O) groups excluding carboxylic acids is 3. The van der Waals surface area contributed by atoms with Gasteiger partial charge in [-0.05, 0) is 36.2 Å². The van der Waals surface area contributed by atoms with Crippen LogP contribution in [-0.4, -0.2) is 66.5 Å². The summed E-state index contributed by atoms with van der Waals surface area (Å²) in [6.07, 6.45) is -0.105. The van der Waals surface area contributed by atoms with E-state index in [9.17, 15) is 19.2 Å². The molecule has 10 heteroatoms. The first-order valence-corrected chi connectivity index (χ1v) is 10.8. The Balaban J connectivity index is 1.61. The van der Waals surface area contributed by atoms with Crippen LogP contribution >= 0.6 is 0 Å². The van der Waals surface area contributed by atoms with E-state index < -0.39 is 29.9 Å². The maximum atomic E-state index is 13.4. The van der Waals surface area contributed by atoms with E-state index in [4.69, 9.17) is 14.6 Å². The number of nitrogens with zero attached hydrogens (tertiary/aromatic N) is 1. The van der Waals surface area contributed by atoms with Crippen molar-refractivity contribution in [3.05, 3.63) is 42.0 Å². The third-order valence-electron chi connectivity index (χ3n) is 6.07. The van der Waals surface area contributed by atoms with Crippen molar-refractivity contribution in [2.75, 3.05) is 26.1 Å². The number of anilines is 1. The first-order chi connectivity index (χ1) is 16.3. The number of amides is 3. The minimum atomic E-state index is -1.08. The smallest absolute Gasteiger partial charge is 0.303 e. The molecule has 0 spiro atoms. The molecule has 0 saturated carbocycles. The molecule has 178 valence electrons. The van der Waals surface area contributed by atoms with Crippen molar-refractivity contribution in [3.8, 4) is 22.6 Å². The van der Waals surface area contributed by atoms with Crippen molar-refractivity contribution in [1.29, 1.82) is 0 Å². The number of carboxylic acid groups (broad SMARTS) is 1. The molecule has 34 heavy (non-hydrogen) atoms. The van der Waals surface area contributed by atoms with Gasteiger partial charge in [-0.25, -0.2) is 0 Å². The predicted octanol–water partition coefficient (Wildman–Crippen LogP) is 1.89. The summed E-state index contributed by atoms with van der Waals surface area (Å²) in [5, 5.41) is 14.3. The third kappa shape index (κ3) is 4.39. The normalized spacial score (nSPS) is 18.9. The SMILES string of the molecule is COc1ccc(-c2ccc3c(c2)C(=O)N2CC[C@H](NC(=O)CCC(=O)O)[C@H]2C(=O)N3)c(OC)c1. The number of nitrogens with one attached hydrogen (secondary N) is 2. The number of benzene rings is 2. The second-order valence-electron chi connectivity index (χ2n) is 8.12. The molecule has 2 aromatic carbocycles. The number of hydrogen-bond acceptors (Lipinski definition) is 6. The van der Waals surface area contributed by atoms with Gasteiger partial charge < -0.3 is 30.1 Å². The lowest BCUT2D eigenvalue weighted by Gasteiger charge is -2.25. The highest BCUT2D eigenvalue weighted by Crippen LogP contribution is 2.37. The second kappa shape index (κ2) is 9.42. The van der Waals surface area contributed by atoms with E-state index in [2.05, 4.69) is 10.6 Å². The Morgan fingerprint density at radius 1 is 1.09 bits per heavy atom. The highest BCUT2D eigenvalue weighted by molar-refractivity contribution is 6.11. The molecule has 0 bridgehead atoms. The van der Waals surface area contributed by atoms with Gasteiger partial charge in [0.2, 0.25) is 11.8 Å². The molecule has 2 aliphatic rings. The summed E-state index contributed by atoms with van der Waals surface area (Å²) in [4.78, 5) is 50.8. The molecule has 0 radical (unpaired) electrons. The molecule has 2 atom stereocenters. The average Bonchev–Trinajstić information content (AvgIpc) is 3.21. The standard InChI is InChI=1S/C24H25N3O7/c1-33-14-4-5-15(19(12-14)34-2)13-3-6-17-16(11-13)24(32)27-10-9-18(22(27)23(31)26-17)25-20(28)7-8-21(29)30/h3-6,11-12,18,22H,7-10H2,1-2H3,(H,25,28)(H,26,31)(H,29,30)/t18-,22-/m0/s1. The third-order valence-corrected chi connectivity index (χ3v) is 6.07. The highest BCUT2D eigenvalue weighted by Gasteiger charge is 2.45. The van der Waals surface area contributed by atoms with Crippen LogP contribution in [0.5, 0.6) is 11.5 Å². The maximum absolute atomic E-state index is 13.4. The fourth-order valence-electron chi connectivity index (χ4n) is 4.39. The Morgan fingerprint density at radius 3 is 2.59 bits per heavy atom. The minimum Gasteiger partial charge on any atom is -0.497 e. The van der Waals surface area contributed by atoms with Gasteiger partial charge in [0.05, 0.1) is 37.9 Å². The zero-order valence-electron chi connectivity index (χ0n) is 18.8. The summed E-state index contributed by atoms with van der Waals surface area (Å²) >= 11 is 0. The lowest BCUT2D eigenvalue weighted by molar-refractivity contribution is -0.139. The van der Waals surface area contributed by atoms with Gasteiger partial charge in [0.1, 0.15) is 17.5 Å². The van der Waals surface area contributed by atoms with Gasteiger partial charge in [-0.3, -0.25) is 19.2 Å². The fraction of sp³-hybridized carbons (Fsp3) is 0.333.